The van der Waals surface area contributed by atoms with Gasteiger partial charge in [-0.15, -0.1) is 0 Å². The molecular weight excluding hydrogens is 359 g/mol. The highest BCUT2D eigenvalue weighted by molar-refractivity contribution is 5.99. The molecule has 1 saturated carbocycles. The quantitative estimate of drug-likeness (QED) is 0.686. The molecule has 0 amide bonds. The molecule has 7 heteroatoms. The molecule has 1 N–H and O–H groups in total. The van der Waals surface area contributed by atoms with Crippen molar-refractivity contribution in [3.05, 3.63) is 59.8 Å². The van der Waals surface area contributed by atoms with Gasteiger partial charge in [0.05, 0.1) is 22.7 Å². The lowest BCUT2D eigenvalue weighted by Crippen LogP contribution is -2.04. The van der Waals surface area contributed by atoms with Gasteiger partial charge in [0.25, 0.3) is 0 Å². The van der Waals surface area contributed by atoms with Gasteiger partial charge in [-0.2, -0.15) is 13.2 Å². The van der Waals surface area contributed by atoms with E-state index in [4.69, 9.17) is 4.74 Å². The van der Waals surface area contributed by atoms with Crippen LogP contribution in [0, 0.1) is 0 Å². The number of rotatable bonds is 4. The number of halogens is 3. The number of hydrogen-bond donors (Lipinski definition) is 1. The van der Waals surface area contributed by atoms with E-state index >= 15 is 0 Å². The third kappa shape index (κ3) is 3.58. The Bertz CT molecular complexity index is 1030. The van der Waals surface area contributed by atoms with Crippen molar-refractivity contribution in [1.82, 2.24) is 4.98 Å². The van der Waals surface area contributed by atoms with Gasteiger partial charge in [-0.1, -0.05) is 12.1 Å². The number of pyridine rings is 1. The molecule has 1 aromatic heterocycles. The summed E-state index contributed by atoms with van der Waals surface area (Å²) in [6, 6.07) is 9.72. The summed E-state index contributed by atoms with van der Waals surface area (Å²) in [6.07, 6.45) is -1.16. The van der Waals surface area contributed by atoms with Crippen molar-refractivity contribution in [2.24, 2.45) is 0 Å². The molecule has 1 aliphatic carbocycles. The molecule has 0 radical (unpaired) electrons. The Labute approximate surface area is 152 Å². The zero-order valence-electron chi connectivity index (χ0n) is 14.0. The van der Waals surface area contributed by atoms with Crippen LogP contribution in [0.5, 0.6) is 5.75 Å². The first kappa shape index (κ1) is 17.3. The lowest BCUT2D eigenvalue weighted by Gasteiger charge is -2.13. The van der Waals surface area contributed by atoms with Crippen molar-refractivity contribution in [2.45, 2.75) is 25.1 Å². The fourth-order valence-corrected chi connectivity index (χ4v) is 2.84. The summed E-state index contributed by atoms with van der Waals surface area (Å²) in [4.78, 5) is 15.5. The molecule has 1 aliphatic rings. The van der Waals surface area contributed by atoms with E-state index in [0.717, 1.165) is 25.0 Å². The number of fused-ring (bicyclic) bond motifs is 1. The second-order valence-electron chi connectivity index (χ2n) is 6.46. The van der Waals surface area contributed by atoms with Gasteiger partial charge in [-0.05, 0) is 48.7 Å². The van der Waals surface area contributed by atoms with Gasteiger partial charge in [-0.25, -0.2) is 4.79 Å². The zero-order valence-corrected chi connectivity index (χ0v) is 14.0. The molecular formula is C20H14F3NO3. The number of carboxylic acid groups (broad SMARTS) is 1. The molecule has 2 aromatic carbocycles. The van der Waals surface area contributed by atoms with Crippen LogP contribution in [0.1, 0.15) is 28.8 Å². The van der Waals surface area contributed by atoms with Crippen LogP contribution in [0.25, 0.3) is 22.0 Å². The monoisotopic (exact) mass is 373 g/mol. The second-order valence-corrected chi connectivity index (χ2v) is 6.46. The zero-order chi connectivity index (χ0) is 19.2. The molecule has 0 bridgehead atoms. The predicted molar refractivity (Wildman–Crippen MR) is 92.8 cm³/mol. The van der Waals surface area contributed by atoms with E-state index in [0.29, 0.717) is 27.8 Å². The summed E-state index contributed by atoms with van der Waals surface area (Å²) >= 11 is 0. The summed E-state index contributed by atoms with van der Waals surface area (Å²) in [7, 11) is 0. The molecule has 1 fully saturated rings. The number of aromatic carboxylic acids is 1. The van der Waals surface area contributed by atoms with Gasteiger partial charge in [0.2, 0.25) is 0 Å². The first-order chi connectivity index (χ1) is 12.8. The van der Waals surface area contributed by atoms with Gasteiger partial charge in [0.15, 0.2) is 0 Å². The average molecular weight is 373 g/mol. The Morgan fingerprint density at radius 3 is 2.41 bits per heavy atom. The molecule has 0 saturated heterocycles. The fourth-order valence-electron chi connectivity index (χ4n) is 2.84. The first-order valence-corrected chi connectivity index (χ1v) is 8.32. The molecule has 4 rings (SSSR count). The number of alkyl halides is 3. The van der Waals surface area contributed by atoms with E-state index in [1.807, 2.05) is 0 Å². The molecule has 0 unspecified atom stereocenters. The number of ether oxygens (including phenoxy) is 1. The van der Waals surface area contributed by atoms with Crippen molar-refractivity contribution in [1.29, 1.82) is 0 Å². The molecule has 1 heterocycles. The van der Waals surface area contributed by atoms with E-state index in [1.165, 1.54) is 24.4 Å². The van der Waals surface area contributed by atoms with Crippen LogP contribution in [-0.4, -0.2) is 22.2 Å². The molecule has 138 valence electrons. The third-order valence-corrected chi connectivity index (χ3v) is 4.35. The largest absolute Gasteiger partial charge is 0.490 e. The molecule has 0 aliphatic heterocycles. The lowest BCUT2D eigenvalue weighted by molar-refractivity contribution is -0.137. The van der Waals surface area contributed by atoms with Crippen LogP contribution in [0.15, 0.2) is 48.7 Å². The minimum atomic E-state index is -4.41. The smallest absolute Gasteiger partial charge is 0.416 e. The standard InChI is InChI=1S/C20H14F3NO3/c21-20(22,23)14-3-1-11(2-4-14)17-9-16(27-15-5-6-15)8-12-7-13(19(25)26)10-24-18(12)17/h1-4,7-10,15H,5-6H2,(H,25,26). The van der Waals surface area contributed by atoms with Gasteiger partial charge < -0.3 is 9.84 Å². The molecule has 0 spiro atoms. The van der Waals surface area contributed by atoms with E-state index in [1.54, 1.807) is 12.1 Å². The van der Waals surface area contributed by atoms with E-state index in [2.05, 4.69) is 4.98 Å². The molecule has 27 heavy (non-hydrogen) atoms. The van der Waals surface area contributed by atoms with Gasteiger partial charge in [0, 0.05) is 17.1 Å². The summed E-state index contributed by atoms with van der Waals surface area (Å²) in [5, 5.41) is 9.74. The van der Waals surface area contributed by atoms with Crippen LogP contribution in [-0.2, 0) is 6.18 Å². The van der Waals surface area contributed by atoms with Crippen molar-refractivity contribution >= 4 is 16.9 Å². The maximum atomic E-state index is 12.8. The fraction of sp³-hybridized carbons (Fsp3) is 0.200. The average Bonchev–Trinajstić information content (AvgIpc) is 3.44. The first-order valence-electron chi connectivity index (χ1n) is 8.32. The number of nitrogens with zero attached hydrogens (tertiary/aromatic N) is 1. The normalized spacial score (nSPS) is 14.3. The Balaban J connectivity index is 1.85. The van der Waals surface area contributed by atoms with Crippen LogP contribution >= 0.6 is 0 Å². The summed E-state index contributed by atoms with van der Waals surface area (Å²) < 4.78 is 44.3. The minimum absolute atomic E-state index is 0.0319. The number of benzene rings is 2. The highest BCUT2D eigenvalue weighted by atomic mass is 19.4. The van der Waals surface area contributed by atoms with E-state index in [9.17, 15) is 23.1 Å². The van der Waals surface area contributed by atoms with Crippen LogP contribution in [0.2, 0.25) is 0 Å². The van der Waals surface area contributed by atoms with Crippen molar-refractivity contribution in [3.8, 4) is 16.9 Å². The summed E-state index contributed by atoms with van der Waals surface area (Å²) in [5.41, 5.74) is 0.938. The molecule has 0 atom stereocenters. The van der Waals surface area contributed by atoms with Crippen molar-refractivity contribution < 1.29 is 27.8 Å². The Morgan fingerprint density at radius 1 is 1.11 bits per heavy atom. The number of carboxylic acids is 1. The second kappa shape index (κ2) is 6.26. The van der Waals surface area contributed by atoms with Crippen LogP contribution < -0.4 is 4.74 Å². The van der Waals surface area contributed by atoms with Crippen molar-refractivity contribution in [3.63, 3.8) is 0 Å². The molecule has 4 nitrogen and oxygen atoms in total. The lowest BCUT2D eigenvalue weighted by atomic mass is 9.99. The Morgan fingerprint density at radius 2 is 1.81 bits per heavy atom. The van der Waals surface area contributed by atoms with Crippen molar-refractivity contribution in [2.75, 3.05) is 0 Å². The minimum Gasteiger partial charge on any atom is -0.490 e. The number of carbonyl (C=O) groups is 1. The van der Waals surface area contributed by atoms with Gasteiger partial charge in [-0.3, -0.25) is 4.98 Å². The number of hydrogen-bond acceptors (Lipinski definition) is 3. The van der Waals surface area contributed by atoms with Crippen LogP contribution in [0.4, 0.5) is 13.2 Å². The Hall–Kier alpha value is -3.09. The van der Waals surface area contributed by atoms with Gasteiger partial charge >= 0.3 is 12.1 Å². The Kier molecular flexibility index (Phi) is 4.02. The van der Waals surface area contributed by atoms with E-state index < -0.39 is 17.7 Å². The van der Waals surface area contributed by atoms with Gasteiger partial charge in [0.1, 0.15) is 5.75 Å². The summed E-state index contributed by atoms with van der Waals surface area (Å²) in [6.45, 7) is 0. The SMILES string of the molecule is O=C(O)c1cnc2c(-c3ccc(C(F)(F)F)cc3)cc(OC3CC3)cc2c1. The predicted octanol–water partition coefficient (Wildman–Crippen LogP) is 5.16. The summed E-state index contributed by atoms with van der Waals surface area (Å²) in [5.74, 6) is -0.557. The third-order valence-electron chi connectivity index (χ3n) is 4.35. The maximum absolute atomic E-state index is 12.8. The highest BCUT2D eigenvalue weighted by Crippen LogP contribution is 2.37. The highest BCUT2D eigenvalue weighted by Gasteiger charge is 2.30. The maximum Gasteiger partial charge on any atom is 0.416 e. The topological polar surface area (TPSA) is 59.4 Å². The molecule has 3 aromatic rings. The number of aromatic nitrogens is 1. The van der Waals surface area contributed by atoms with E-state index in [-0.39, 0.29) is 11.7 Å². The van der Waals surface area contributed by atoms with Crippen LogP contribution in [0.3, 0.4) is 0 Å².